The third kappa shape index (κ3) is 3.93. The molecule has 0 spiro atoms. The van der Waals surface area contributed by atoms with Crippen molar-refractivity contribution in [2.45, 2.75) is 69.3 Å². The van der Waals surface area contributed by atoms with Crippen LogP contribution in [0.15, 0.2) is 43.0 Å². The number of hydrogen-bond acceptors (Lipinski definition) is 5. The van der Waals surface area contributed by atoms with Crippen molar-refractivity contribution < 1.29 is 27.8 Å². The molecule has 0 saturated heterocycles. The summed E-state index contributed by atoms with van der Waals surface area (Å²) in [5.74, 6) is -4.80. The number of halogens is 2. The molecule has 4 fully saturated rings. The average Bonchev–Trinajstić information content (AvgIpc) is 3.25. The number of rotatable bonds is 5. The second kappa shape index (κ2) is 7.37. The number of esters is 1. The molecule has 6 rings (SSSR count). The summed E-state index contributed by atoms with van der Waals surface area (Å²) in [4.78, 5) is 28.7. The summed E-state index contributed by atoms with van der Waals surface area (Å²) in [5, 5.41) is 0. The third-order valence-corrected chi connectivity index (χ3v) is 7.68. The first kappa shape index (κ1) is 22.0. The molecule has 4 saturated carbocycles. The molecule has 2 aromatic rings. The van der Waals surface area contributed by atoms with Gasteiger partial charge in [0.15, 0.2) is 0 Å². The van der Waals surface area contributed by atoms with Crippen LogP contribution in [0, 0.1) is 18.3 Å². The van der Waals surface area contributed by atoms with Gasteiger partial charge in [-0.3, -0.25) is 0 Å². The van der Waals surface area contributed by atoms with E-state index in [-0.39, 0.29) is 17.9 Å². The number of nitrogens with zero attached hydrogens (tertiary/aromatic N) is 2. The number of carbonyl (C=O) groups excluding carboxylic acids is 2. The Hall–Kier alpha value is -2.77. The molecule has 0 amide bonds. The molecule has 0 aliphatic heterocycles. The Morgan fingerprint density at radius 3 is 2.58 bits per heavy atom. The van der Waals surface area contributed by atoms with Crippen LogP contribution < -0.4 is 0 Å². The van der Waals surface area contributed by atoms with Gasteiger partial charge in [-0.2, -0.15) is 8.78 Å². The Labute approximate surface area is 191 Å². The highest BCUT2D eigenvalue weighted by molar-refractivity contribution is 5.77. The molecule has 0 N–H and O–H groups in total. The molecule has 33 heavy (non-hydrogen) atoms. The summed E-state index contributed by atoms with van der Waals surface area (Å²) in [6, 6.07) is 8.38. The maximum absolute atomic E-state index is 13.5. The Balaban J connectivity index is 1.49. The zero-order chi connectivity index (χ0) is 23.5. The van der Waals surface area contributed by atoms with Crippen molar-refractivity contribution in [3.63, 3.8) is 0 Å². The number of benzene rings is 1. The van der Waals surface area contributed by atoms with E-state index in [9.17, 15) is 18.4 Å². The van der Waals surface area contributed by atoms with Crippen molar-refractivity contribution in [3.8, 4) is 0 Å². The van der Waals surface area contributed by atoms with Crippen LogP contribution in [0.1, 0.15) is 56.6 Å². The second-order valence-electron chi connectivity index (χ2n) is 10.6. The fourth-order valence-electron chi connectivity index (χ4n) is 7.00. The van der Waals surface area contributed by atoms with Crippen LogP contribution in [0.3, 0.4) is 0 Å². The largest absolute Gasteiger partial charge is 0.461 e. The number of carbonyl (C=O) groups is 2. The Morgan fingerprint density at radius 1 is 1.15 bits per heavy atom. The summed E-state index contributed by atoms with van der Waals surface area (Å²) in [6.45, 7) is 2.49. The molecule has 4 bridgehead atoms. The SMILES string of the molecule is Cc1ccc(C23CC4CC(COC(=O)C(C)(F)F)(CC(OC(=O)n5ccnc5)(C4)C2)C3)cc1. The fraction of sp³-hybridized carbons (Fsp3) is 0.560. The van der Waals surface area contributed by atoms with Gasteiger partial charge in [-0.15, -0.1) is 0 Å². The van der Waals surface area contributed by atoms with Gasteiger partial charge >= 0.3 is 18.0 Å². The lowest BCUT2D eigenvalue weighted by Gasteiger charge is -2.65. The van der Waals surface area contributed by atoms with E-state index in [1.54, 1.807) is 6.20 Å². The van der Waals surface area contributed by atoms with Gasteiger partial charge in [0.25, 0.3) is 0 Å². The monoisotopic (exact) mass is 458 g/mol. The summed E-state index contributed by atoms with van der Waals surface area (Å²) in [5.41, 5.74) is 0.798. The van der Waals surface area contributed by atoms with Gasteiger partial charge in [-0.05, 0) is 56.9 Å². The Bertz CT molecular complexity index is 1070. The molecule has 176 valence electrons. The predicted octanol–water partition coefficient (Wildman–Crippen LogP) is 5.04. The second-order valence-corrected chi connectivity index (χ2v) is 10.6. The molecule has 4 atom stereocenters. The van der Waals surface area contributed by atoms with E-state index in [1.165, 1.54) is 17.1 Å². The third-order valence-electron chi connectivity index (χ3n) is 7.68. The highest BCUT2D eigenvalue weighted by Crippen LogP contribution is 2.68. The van der Waals surface area contributed by atoms with Crippen molar-refractivity contribution in [1.82, 2.24) is 9.55 Å². The summed E-state index contributed by atoms with van der Waals surface area (Å²) < 4.78 is 39.6. The quantitative estimate of drug-likeness (QED) is 0.588. The molecule has 4 aliphatic rings. The molecule has 1 heterocycles. The minimum Gasteiger partial charge on any atom is -0.461 e. The van der Waals surface area contributed by atoms with E-state index < -0.39 is 29.0 Å². The first-order chi connectivity index (χ1) is 15.5. The molecular formula is C25H28F2N2O4. The molecule has 8 heteroatoms. The zero-order valence-corrected chi connectivity index (χ0v) is 18.9. The zero-order valence-electron chi connectivity index (χ0n) is 18.9. The average molecular weight is 459 g/mol. The van der Waals surface area contributed by atoms with Crippen LogP contribution in [0.2, 0.25) is 0 Å². The highest BCUT2D eigenvalue weighted by atomic mass is 19.3. The first-order valence-electron chi connectivity index (χ1n) is 11.4. The lowest BCUT2D eigenvalue weighted by atomic mass is 9.41. The topological polar surface area (TPSA) is 70.4 Å². The van der Waals surface area contributed by atoms with Crippen molar-refractivity contribution in [2.75, 3.05) is 6.61 Å². The van der Waals surface area contributed by atoms with Crippen LogP contribution in [0.25, 0.3) is 0 Å². The van der Waals surface area contributed by atoms with Gasteiger partial charge in [0.2, 0.25) is 0 Å². The number of ether oxygens (including phenoxy) is 2. The van der Waals surface area contributed by atoms with Crippen LogP contribution in [-0.2, 0) is 19.7 Å². The van der Waals surface area contributed by atoms with E-state index in [4.69, 9.17) is 9.47 Å². The molecule has 0 radical (unpaired) electrons. The van der Waals surface area contributed by atoms with E-state index in [2.05, 4.69) is 29.2 Å². The van der Waals surface area contributed by atoms with Gasteiger partial charge < -0.3 is 9.47 Å². The highest BCUT2D eigenvalue weighted by Gasteiger charge is 2.66. The molecule has 1 aromatic heterocycles. The summed E-state index contributed by atoms with van der Waals surface area (Å²) in [6.07, 6.45) is 8.27. The minimum atomic E-state index is -3.54. The molecule has 1 aromatic carbocycles. The van der Waals surface area contributed by atoms with Gasteiger partial charge in [0.05, 0.1) is 6.61 Å². The maximum atomic E-state index is 13.5. The summed E-state index contributed by atoms with van der Waals surface area (Å²) in [7, 11) is 0. The van der Waals surface area contributed by atoms with Gasteiger partial charge in [0.1, 0.15) is 11.9 Å². The molecule has 4 aliphatic carbocycles. The van der Waals surface area contributed by atoms with Crippen LogP contribution in [-0.4, -0.2) is 39.7 Å². The fourth-order valence-corrected chi connectivity index (χ4v) is 7.00. The van der Waals surface area contributed by atoms with Gasteiger partial charge in [-0.25, -0.2) is 19.1 Å². The van der Waals surface area contributed by atoms with Crippen molar-refractivity contribution in [3.05, 3.63) is 54.1 Å². The standard InChI is InChI=1S/C25H28F2N2O4/c1-17-3-5-19(6-4-17)24-10-18-9-23(12-24,15-32-20(30)22(2,26)27)13-25(11-18,14-24)33-21(31)29-8-7-28-16-29/h3-8,16,18H,9-15H2,1-2H3. The Morgan fingerprint density at radius 2 is 1.91 bits per heavy atom. The van der Waals surface area contributed by atoms with Gasteiger partial charge in [0, 0.05) is 30.1 Å². The maximum Gasteiger partial charge on any atom is 0.419 e. The number of aryl methyl sites for hydroxylation is 1. The van der Waals surface area contributed by atoms with Crippen molar-refractivity contribution in [2.24, 2.45) is 11.3 Å². The van der Waals surface area contributed by atoms with E-state index in [0.29, 0.717) is 26.2 Å². The molecule has 6 nitrogen and oxygen atoms in total. The summed E-state index contributed by atoms with van der Waals surface area (Å²) >= 11 is 0. The first-order valence-corrected chi connectivity index (χ1v) is 11.4. The normalized spacial score (nSPS) is 32.5. The van der Waals surface area contributed by atoms with Crippen LogP contribution >= 0.6 is 0 Å². The predicted molar refractivity (Wildman–Crippen MR) is 115 cm³/mol. The number of imidazole rings is 1. The van der Waals surface area contributed by atoms with Crippen molar-refractivity contribution in [1.29, 1.82) is 0 Å². The molecule has 4 unspecified atom stereocenters. The molecular weight excluding hydrogens is 430 g/mol. The van der Waals surface area contributed by atoms with Gasteiger partial charge in [-0.1, -0.05) is 29.8 Å². The Kier molecular flexibility index (Phi) is 4.92. The lowest BCUT2D eigenvalue weighted by Crippen LogP contribution is -2.64. The number of aromatic nitrogens is 2. The number of alkyl halides is 2. The van der Waals surface area contributed by atoms with Crippen LogP contribution in [0.4, 0.5) is 13.6 Å². The lowest BCUT2D eigenvalue weighted by molar-refractivity contribution is -0.203. The van der Waals surface area contributed by atoms with E-state index >= 15 is 0 Å². The minimum absolute atomic E-state index is 0.0935. The van der Waals surface area contributed by atoms with Crippen LogP contribution in [0.5, 0.6) is 0 Å². The van der Waals surface area contributed by atoms with Crippen molar-refractivity contribution >= 4 is 12.1 Å². The van der Waals surface area contributed by atoms with E-state index in [0.717, 1.165) is 30.4 Å². The number of hydrogen-bond donors (Lipinski definition) is 0. The van der Waals surface area contributed by atoms with E-state index in [1.807, 2.05) is 6.92 Å². The smallest absolute Gasteiger partial charge is 0.419 e.